The summed E-state index contributed by atoms with van der Waals surface area (Å²) in [7, 11) is 0.275. The van der Waals surface area contributed by atoms with Crippen LogP contribution in [0, 0.1) is 5.92 Å². The van der Waals surface area contributed by atoms with Crippen LogP contribution in [0.1, 0.15) is 32.8 Å². The fourth-order valence-electron chi connectivity index (χ4n) is 4.50. The van der Waals surface area contributed by atoms with Crippen molar-refractivity contribution in [3.8, 4) is 17.2 Å². The molecule has 10 nitrogen and oxygen atoms in total. The number of carbonyl (C=O) groups is 2. The molecule has 0 aliphatic rings. The van der Waals surface area contributed by atoms with Gasteiger partial charge in [-0.2, -0.15) is 0 Å². The minimum Gasteiger partial charge on any atom is -0.497 e. The molecule has 11 heteroatoms. The molecule has 0 saturated heterocycles. The van der Waals surface area contributed by atoms with E-state index in [9.17, 15) is 18.0 Å². The number of carbonyl (C=O) groups excluding carboxylic acids is 2. The van der Waals surface area contributed by atoms with Crippen LogP contribution in [0.3, 0.4) is 0 Å². The Kier molecular flexibility index (Phi) is 11.8. The van der Waals surface area contributed by atoms with Gasteiger partial charge in [0, 0.05) is 19.2 Å². The van der Waals surface area contributed by atoms with E-state index in [1.54, 1.807) is 49.6 Å². The summed E-state index contributed by atoms with van der Waals surface area (Å²) in [6.07, 6.45) is 0.327. The number of hydrogen-bond acceptors (Lipinski definition) is 7. The predicted octanol–water partition coefficient (Wildman–Crippen LogP) is 4.49. The van der Waals surface area contributed by atoms with E-state index in [-0.39, 0.29) is 29.0 Å². The van der Waals surface area contributed by atoms with Crippen molar-refractivity contribution in [2.75, 3.05) is 38.7 Å². The van der Waals surface area contributed by atoms with Crippen molar-refractivity contribution in [3.05, 3.63) is 78.4 Å². The molecular formula is C32H41N3O7S. The third kappa shape index (κ3) is 8.41. The van der Waals surface area contributed by atoms with Crippen LogP contribution in [0.15, 0.2) is 77.7 Å². The molecule has 3 aromatic rings. The van der Waals surface area contributed by atoms with Crippen LogP contribution in [0.5, 0.6) is 17.2 Å². The van der Waals surface area contributed by atoms with Gasteiger partial charge in [0.15, 0.2) is 11.5 Å². The van der Waals surface area contributed by atoms with E-state index in [0.29, 0.717) is 30.2 Å². The number of anilines is 1. The zero-order chi connectivity index (χ0) is 31.6. The third-order valence-electron chi connectivity index (χ3n) is 6.85. The summed E-state index contributed by atoms with van der Waals surface area (Å²) in [5.41, 5.74) is 0.962. The summed E-state index contributed by atoms with van der Waals surface area (Å²) in [6, 6.07) is 18.8. The number of ether oxygens (including phenoxy) is 3. The topological polar surface area (TPSA) is 114 Å². The fourth-order valence-corrected chi connectivity index (χ4v) is 5.93. The zero-order valence-corrected chi connectivity index (χ0v) is 26.4. The Hall–Kier alpha value is -4.25. The number of rotatable bonds is 15. The lowest BCUT2D eigenvalue weighted by Crippen LogP contribution is -2.52. The van der Waals surface area contributed by atoms with Gasteiger partial charge in [0.25, 0.3) is 10.0 Å². The molecular weight excluding hydrogens is 570 g/mol. The standard InChI is InChI=1S/C32H41N3O7S/c1-7-28(32(37)33-20-23(2)3)34(21-24-13-16-26(40-4)17-14-24)31(36)22-35(43(38,39)27-11-9-8-10-12-27)25-15-18-29(41-5)30(19-25)42-6/h8-19,23,28H,7,20-22H2,1-6H3,(H,33,37). The van der Waals surface area contributed by atoms with Crippen LogP contribution in [0.4, 0.5) is 5.69 Å². The molecule has 0 saturated carbocycles. The van der Waals surface area contributed by atoms with Gasteiger partial charge in [0.2, 0.25) is 11.8 Å². The highest BCUT2D eigenvalue weighted by molar-refractivity contribution is 7.92. The van der Waals surface area contributed by atoms with Gasteiger partial charge < -0.3 is 24.4 Å². The van der Waals surface area contributed by atoms with Crippen molar-refractivity contribution in [1.29, 1.82) is 0 Å². The molecule has 0 bridgehead atoms. The van der Waals surface area contributed by atoms with Gasteiger partial charge in [0.1, 0.15) is 18.3 Å². The summed E-state index contributed by atoms with van der Waals surface area (Å²) < 4.78 is 45.1. The van der Waals surface area contributed by atoms with Gasteiger partial charge in [-0.3, -0.25) is 13.9 Å². The summed E-state index contributed by atoms with van der Waals surface area (Å²) in [5.74, 6) is 0.720. The Labute approximate surface area is 254 Å². The second kappa shape index (κ2) is 15.3. The van der Waals surface area contributed by atoms with Crippen molar-refractivity contribution in [1.82, 2.24) is 10.2 Å². The molecule has 0 spiro atoms. The van der Waals surface area contributed by atoms with E-state index in [4.69, 9.17) is 14.2 Å². The molecule has 1 N–H and O–H groups in total. The molecule has 43 heavy (non-hydrogen) atoms. The van der Waals surface area contributed by atoms with Crippen LogP contribution in [-0.4, -0.2) is 65.6 Å². The van der Waals surface area contributed by atoms with E-state index in [0.717, 1.165) is 9.87 Å². The highest BCUT2D eigenvalue weighted by Gasteiger charge is 2.34. The van der Waals surface area contributed by atoms with Crippen molar-refractivity contribution in [3.63, 3.8) is 0 Å². The van der Waals surface area contributed by atoms with E-state index >= 15 is 0 Å². The molecule has 2 amide bonds. The van der Waals surface area contributed by atoms with E-state index in [2.05, 4.69) is 5.32 Å². The average molecular weight is 612 g/mol. The smallest absolute Gasteiger partial charge is 0.264 e. The highest BCUT2D eigenvalue weighted by atomic mass is 32.2. The molecule has 0 fully saturated rings. The number of nitrogens with one attached hydrogen (secondary N) is 1. The lowest BCUT2D eigenvalue weighted by Gasteiger charge is -2.33. The molecule has 1 atom stereocenters. The highest BCUT2D eigenvalue weighted by Crippen LogP contribution is 2.34. The summed E-state index contributed by atoms with van der Waals surface area (Å²) >= 11 is 0. The molecule has 232 valence electrons. The van der Waals surface area contributed by atoms with Gasteiger partial charge in [-0.05, 0) is 54.3 Å². The van der Waals surface area contributed by atoms with E-state index in [1.807, 2.05) is 32.9 Å². The van der Waals surface area contributed by atoms with Crippen molar-refractivity contribution in [2.45, 2.75) is 44.7 Å². The molecule has 0 radical (unpaired) electrons. The maximum Gasteiger partial charge on any atom is 0.264 e. The summed E-state index contributed by atoms with van der Waals surface area (Å²) in [5, 5.41) is 2.93. The van der Waals surface area contributed by atoms with Crippen molar-refractivity contribution in [2.24, 2.45) is 5.92 Å². The van der Waals surface area contributed by atoms with E-state index in [1.165, 1.54) is 37.3 Å². The third-order valence-corrected chi connectivity index (χ3v) is 8.64. The molecule has 3 aromatic carbocycles. The maximum absolute atomic E-state index is 14.2. The predicted molar refractivity (Wildman–Crippen MR) is 166 cm³/mol. The Balaban J connectivity index is 2.08. The van der Waals surface area contributed by atoms with Gasteiger partial charge >= 0.3 is 0 Å². The fraction of sp³-hybridized carbons (Fsp3) is 0.375. The van der Waals surface area contributed by atoms with Crippen LogP contribution >= 0.6 is 0 Å². The second-order valence-electron chi connectivity index (χ2n) is 10.3. The Morgan fingerprint density at radius 2 is 1.51 bits per heavy atom. The monoisotopic (exact) mass is 611 g/mol. The lowest BCUT2D eigenvalue weighted by atomic mass is 10.1. The number of hydrogen-bond donors (Lipinski definition) is 1. The minimum absolute atomic E-state index is 0.0148. The Bertz CT molecular complexity index is 1460. The first kappa shape index (κ1) is 33.3. The SMILES string of the molecule is CCC(C(=O)NCC(C)C)N(Cc1ccc(OC)cc1)C(=O)CN(c1ccc(OC)c(OC)c1)S(=O)(=O)c1ccccc1. The lowest BCUT2D eigenvalue weighted by molar-refractivity contribution is -0.140. The number of benzene rings is 3. The van der Waals surface area contributed by atoms with Crippen LogP contribution in [-0.2, 0) is 26.2 Å². The second-order valence-corrected chi connectivity index (χ2v) is 12.2. The zero-order valence-electron chi connectivity index (χ0n) is 25.6. The first-order valence-corrected chi connectivity index (χ1v) is 15.5. The minimum atomic E-state index is -4.21. The first-order valence-electron chi connectivity index (χ1n) is 14.1. The van der Waals surface area contributed by atoms with Gasteiger partial charge in [0.05, 0.1) is 31.9 Å². The average Bonchev–Trinajstić information content (AvgIpc) is 3.02. The van der Waals surface area contributed by atoms with Gasteiger partial charge in [-0.1, -0.05) is 51.1 Å². The van der Waals surface area contributed by atoms with Gasteiger partial charge in [-0.25, -0.2) is 8.42 Å². The van der Waals surface area contributed by atoms with Crippen LogP contribution in [0.2, 0.25) is 0 Å². The molecule has 0 aliphatic heterocycles. The normalized spacial score (nSPS) is 11.9. The first-order chi connectivity index (χ1) is 20.5. The largest absolute Gasteiger partial charge is 0.497 e. The van der Waals surface area contributed by atoms with E-state index < -0.39 is 28.5 Å². The summed E-state index contributed by atoms with van der Waals surface area (Å²) in [6.45, 7) is 5.76. The van der Waals surface area contributed by atoms with Crippen molar-refractivity contribution >= 4 is 27.5 Å². The van der Waals surface area contributed by atoms with Crippen LogP contribution in [0.25, 0.3) is 0 Å². The van der Waals surface area contributed by atoms with Gasteiger partial charge in [-0.15, -0.1) is 0 Å². The van der Waals surface area contributed by atoms with Crippen molar-refractivity contribution < 1.29 is 32.2 Å². The number of methoxy groups -OCH3 is 3. The van der Waals surface area contributed by atoms with Crippen LogP contribution < -0.4 is 23.8 Å². The number of nitrogens with zero attached hydrogens (tertiary/aromatic N) is 2. The summed E-state index contributed by atoms with van der Waals surface area (Å²) in [4.78, 5) is 29.0. The molecule has 3 rings (SSSR count). The Morgan fingerprint density at radius 3 is 2.07 bits per heavy atom. The maximum atomic E-state index is 14.2. The number of sulfonamides is 1. The molecule has 0 aliphatic carbocycles. The quantitative estimate of drug-likeness (QED) is 0.269. The number of amides is 2. The molecule has 0 aromatic heterocycles. The molecule has 1 unspecified atom stereocenters. The molecule has 0 heterocycles. The Morgan fingerprint density at radius 1 is 0.860 bits per heavy atom.